The highest BCUT2D eigenvalue weighted by atomic mass is 32.2. The lowest BCUT2D eigenvalue weighted by atomic mass is 10.2. The number of amides is 1. The number of rotatable bonds is 5. The quantitative estimate of drug-likeness (QED) is 0.588. The molecule has 1 aliphatic heterocycles. The molecule has 4 rings (SSSR count). The van der Waals surface area contributed by atoms with Crippen LogP contribution in [0, 0.1) is 18.2 Å². The Balaban J connectivity index is 1.46. The van der Waals surface area contributed by atoms with E-state index in [1.165, 1.54) is 28.6 Å². The van der Waals surface area contributed by atoms with Crippen LogP contribution in [0.3, 0.4) is 0 Å². The van der Waals surface area contributed by atoms with Crippen LogP contribution in [0.25, 0.3) is 0 Å². The van der Waals surface area contributed by atoms with Gasteiger partial charge in [0.2, 0.25) is 10.0 Å². The van der Waals surface area contributed by atoms with E-state index in [-0.39, 0.29) is 29.4 Å². The second-order valence-electron chi connectivity index (χ2n) is 7.57. The molecule has 33 heavy (non-hydrogen) atoms. The van der Waals surface area contributed by atoms with Crippen molar-refractivity contribution in [1.82, 2.24) is 4.31 Å². The first-order chi connectivity index (χ1) is 15.9. The van der Waals surface area contributed by atoms with Crippen LogP contribution in [0.5, 0.6) is 0 Å². The van der Waals surface area contributed by atoms with E-state index in [0.717, 1.165) is 5.69 Å². The van der Waals surface area contributed by atoms with E-state index >= 15 is 0 Å². The molecule has 8 heteroatoms. The number of terminal acetylenes is 1. The number of anilines is 2. The summed E-state index contributed by atoms with van der Waals surface area (Å²) in [4.78, 5) is 14.8. The van der Waals surface area contributed by atoms with E-state index in [0.29, 0.717) is 24.3 Å². The van der Waals surface area contributed by atoms with E-state index in [1.54, 1.807) is 48.5 Å². The molecule has 1 fully saturated rings. The first-order valence-electron chi connectivity index (χ1n) is 10.4. The maximum atomic E-state index is 13.2. The Morgan fingerprint density at radius 1 is 0.939 bits per heavy atom. The van der Waals surface area contributed by atoms with Crippen molar-refractivity contribution in [1.29, 1.82) is 0 Å². The van der Waals surface area contributed by atoms with Crippen LogP contribution in [0.2, 0.25) is 0 Å². The van der Waals surface area contributed by atoms with Gasteiger partial charge in [-0.05, 0) is 60.7 Å². The molecule has 0 atom stereocenters. The summed E-state index contributed by atoms with van der Waals surface area (Å²) in [5.41, 5.74) is 2.23. The molecule has 0 aromatic heterocycles. The number of carbonyl (C=O) groups excluding carboxylic acids is 1. The largest absolute Gasteiger partial charge is 0.369 e. The molecule has 0 bridgehead atoms. The molecule has 0 radical (unpaired) electrons. The highest BCUT2D eigenvalue weighted by Crippen LogP contribution is 2.22. The summed E-state index contributed by atoms with van der Waals surface area (Å²) < 4.78 is 41.0. The van der Waals surface area contributed by atoms with Crippen molar-refractivity contribution in [2.24, 2.45) is 0 Å². The minimum absolute atomic E-state index is 0.0581. The van der Waals surface area contributed by atoms with Crippen LogP contribution >= 0.6 is 0 Å². The third-order valence-electron chi connectivity index (χ3n) is 5.45. The number of benzene rings is 3. The number of halogens is 1. The van der Waals surface area contributed by atoms with Crippen molar-refractivity contribution < 1.29 is 17.6 Å². The molecule has 0 unspecified atom stereocenters. The molecule has 1 saturated heterocycles. The normalized spacial score (nSPS) is 14.5. The average Bonchev–Trinajstić information content (AvgIpc) is 2.85. The molecule has 1 aliphatic rings. The molecule has 168 valence electrons. The minimum Gasteiger partial charge on any atom is -0.369 e. The Labute approximate surface area is 192 Å². The Hall–Kier alpha value is -3.67. The van der Waals surface area contributed by atoms with E-state index < -0.39 is 15.9 Å². The second-order valence-corrected chi connectivity index (χ2v) is 9.51. The Morgan fingerprint density at radius 2 is 1.64 bits per heavy atom. The van der Waals surface area contributed by atoms with Gasteiger partial charge in [-0.2, -0.15) is 4.31 Å². The van der Waals surface area contributed by atoms with E-state index in [4.69, 9.17) is 6.42 Å². The van der Waals surface area contributed by atoms with Gasteiger partial charge in [0.25, 0.3) is 5.91 Å². The molecule has 1 heterocycles. The summed E-state index contributed by atoms with van der Waals surface area (Å²) >= 11 is 0. The second kappa shape index (κ2) is 9.45. The van der Waals surface area contributed by atoms with Gasteiger partial charge in [-0.1, -0.05) is 18.1 Å². The first-order valence-corrected chi connectivity index (χ1v) is 11.8. The van der Waals surface area contributed by atoms with Crippen LogP contribution in [-0.2, 0) is 10.0 Å². The SMILES string of the molecule is C#Cc1cccc(NC(=O)c2cccc(S(=O)(=O)N3CCN(c4ccc(F)cc4)CC3)c2)c1. The van der Waals surface area contributed by atoms with Gasteiger partial charge < -0.3 is 10.2 Å². The lowest BCUT2D eigenvalue weighted by Gasteiger charge is -2.35. The minimum atomic E-state index is -3.77. The standard InChI is InChI=1S/C25H22FN3O3S/c1-2-19-5-3-7-22(17-19)27-25(30)20-6-4-8-24(18-20)33(31,32)29-15-13-28(14-16-29)23-11-9-21(26)10-12-23/h1,3-12,17-18H,13-16H2,(H,27,30). The fourth-order valence-corrected chi connectivity index (χ4v) is 5.14. The summed E-state index contributed by atoms with van der Waals surface area (Å²) in [5.74, 6) is 1.76. The molecule has 0 saturated carbocycles. The van der Waals surface area contributed by atoms with Crippen molar-refractivity contribution in [2.45, 2.75) is 4.90 Å². The number of carbonyl (C=O) groups is 1. The van der Waals surface area contributed by atoms with Crippen molar-refractivity contribution in [3.63, 3.8) is 0 Å². The van der Waals surface area contributed by atoms with Crippen LogP contribution in [0.4, 0.5) is 15.8 Å². The summed E-state index contributed by atoms with van der Waals surface area (Å²) in [7, 11) is -3.77. The molecule has 6 nitrogen and oxygen atoms in total. The third-order valence-corrected chi connectivity index (χ3v) is 7.35. The molecule has 0 spiro atoms. The smallest absolute Gasteiger partial charge is 0.255 e. The zero-order valence-electron chi connectivity index (χ0n) is 17.7. The molecule has 1 N–H and O–H groups in total. The molecule has 3 aromatic carbocycles. The van der Waals surface area contributed by atoms with Crippen LogP contribution in [0.1, 0.15) is 15.9 Å². The molecule has 1 amide bonds. The van der Waals surface area contributed by atoms with Gasteiger partial charge in [-0.25, -0.2) is 12.8 Å². The summed E-state index contributed by atoms with van der Waals surface area (Å²) in [5, 5.41) is 2.74. The van der Waals surface area contributed by atoms with Gasteiger partial charge in [0, 0.05) is 48.7 Å². The van der Waals surface area contributed by atoms with Crippen molar-refractivity contribution in [2.75, 3.05) is 36.4 Å². The maximum absolute atomic E-state index is 13.2. The predicted octanol–water partition coefficient (Wildman–Crippen LogP) is 3.57. The summed E-state index contributed by atoms with van der Waals surface area (Å²) in [6, 6.07) is 19.0. The monoisotopic (exact) mass is 463 g/mol. The Morgan fingerprint density at radius 3 is 2.33 bits per heavy atom. The Kier molecular flexibility index (Phi) is 6.45. The predicted molar refractivity (Wildman–Crippen MR) is 126 cm³/mol. The number of piperazine rings is 1. The number of hydrogen-bond donors (Lipinski definition) is 1. The van der Waals surface area contributed by atoms with Gasteiger partial charge in [-0.3, -0.25) is 4.79 Å². The number of hydrogen-bond acceptors (Lipinski definition) is 4. The average molecular weight is 464 g/mol. The van der Waals surface area contributed by atoms with Gasteiger partial charge in [0.15, 0.2) is 0 Å². The highest BCUT2D eigenvalue weighted by Gasteiger charge is 2.29. The van der Waals surface area contributed by atoms with Crippen molar-refractivity contribution in [3.05, 3.63) is 89.7 Å². The first kappa shape index (κ1) is 22.5. The van der Waals surface area contributed by atoms with Gasteiger partial charge >= 0.3 is 0 Å². The molecule has 0 aliphatic carbocycles. The summed E-state index contributed by atoms with van der Waals surface area (Å²) in [6.45, 7) is 1.54. The molecular formula is C25H22FN3O3S. The van der Waals surface area contributed by atoms with E-state index in [9.17, 15) is 17.6 Å². The van der Waals surface area contributed by atoms with Gasteiger partial charge in [0.1, 0.15) is 5.82 Å². The maximum Gasteiger partial charge on any atom is 0.255 e. The van der Waals surface area contributed by atoms with Crippen molar-refractivity contribution >= 4 is 27.3 Å². The Bertz CT molecular complexity index is 1310. The van der Waals surface area contributed by atoms with Crippen LogP contribution < -0.4 is 10.2 Å². The van der Waals surface area contributed by atoms with Gasteiger partial charge in [0.05, 0.1) is 4.90 Å². The fourth-order valence-electron chi connectivity index (χ4n) is 3.68. The zero-order chi connectivity index (χ0) is 23.4. The zero-order valence-corrected chi connectivity index (χ0v) is 18.6. The molecule has 3 aromatic rings. The number of sulfonamides is 1. The third kappa shape index (κ3) is 5.06. The van der Waals surface area contributed by atoms with E-state index in [2.05, 4.69) is 11.2 Å². The topological polar surface area (TPSA) is 69.7 Å². The number of nitrogens with one attached hydrogen (secondary N) is 1. The fraction of sp³-hybridized carbons (Fsp3) is 0.160. The molecular weight excluding hydrogens is 441 g/mol. The highest BCUT2D eigenvalue weighted by molar-refractivity contribution is 7.89. The lowest BCUT2D eigenvalue weighted by molar-refractivity contribution is 0.102. The van der Waals surface area contributed by atoms with Crippen LogP contribution in [0.15, 0.2) is 77.7 Å². The van der Waals surface area contributed by atoms with Crippen LogP contribution in [-0.4, -0.2) is 44.8 Å². The van der Waals surface area contributed by atoms with E-state index in [1.807, 2.05) is 4.90 Å². The van der Waals surface area contributed by atoms with Crippen molar-refractivity contribution in [3.8, 4) is 12.3 Å². The lowest BCUT2D eigenvalue weighted by Crippen LogP contribution is -2.48. The number of nitrogens with zero attached hydrogens (tertiary/aromatic N) is 2. The summed E-state index contributed by atoms with van der Waals surface area (Å²) in [6.07, 6.45) is 5.39. The van der Waals surface area contributed by atoms with Gasteiger partial charge in [-0.15, -0.1) is 6.42 Å².